The summed E-state index contributed by atoms with van der Waals surface area (Å²) in [6.45, 7) is 4.73. The molecule has 2 aliphatic rings. The molecule has 2 unspecified atom stereocenters. The second kappa shape index (κ2) is 8.02. The van der Waals surface area contributed by atoms with Gasteiger partial charge < -0.3 is 10.0 Å². The Kier molecular flexibility index (Phi) is 6.34. The van der Waals surface area contributed by atoms with Crippen molar-refractivity contribution in [2.75, 3.05) is 13.1 Å². The SMILES string of the molecule is CCC1CCCC(N2CCC(CCC(=O)O)CC2)CC1. The van der Waals surface area contributed by atoms with Crippen LogP contribution in [-0.4, -0.2) is 35.1 Å². The predicted molar refractivity (Wildman–Crippen MR) is 81.8 cm³/mol. The van der Waals surface area contributed by atoms with E-state index in [1.807, 2.05) is 0 Å². The van der Waals surface area contributed by atoms with Crippen LogP contribution in [0, 0.1) is 11.8 Å². The summed E-state index contributed by atoms with van der Waals surface area (Å²) in [4.78, 5) is 13.3. The number of carboxylic acid groups (broad SMARTS) is 1. The van der Waals surface area contributed by atoms with Crippen molar-refractivity contribution in [3.8, 4) is 0 Å². The Labute approximate surface area is 123 Å². The fourth-order valence-corrected chi connectivity index (χ4v) is 4.07. The summed E-state index contributed by atoms with van der Waals surface area (Å²) in [5.74, 6) is 0.978. The molecule has 1 saturated heterocycles. The van der Waals surface area contributed by atoms with Gasteiger partial charge in [0, 0.05) is 12.5 Å². The van der Waals surface area contributed by atoms with Crippen molar-refractivity contribution in [3.05, 3.63) is 0 Å². The van der Waals surface area contributed by atoms with Crippen LogP contribution >= 0.6 is 0 Å². The molecule has 0 aromatic rings. The molecule has 0 radical (unpaired) electrons. The van der Waals surface area contributed by atoms with Gasteiger partial charge in [-0.3, -0.25) is 4.79 Å². The van der Waals surface area contributed by atoms with Gasteiger partial charge in [-0.25, -0.2) is 0 Å². The van der Waals surface area contributed by atoms with Crippen molar-refractivity contribution < 1.29 is 9.90 Å². The van der Waals surface area contributed by atoms with E-state index in [9.17, 15) is 4.79 Å². The first-order valence-corrected chi connectivity index (χ1v) is 8.65. The van der Waals surface area contributed by atoms with Crippen LogP contribution in [-0.2, 0) is 4.79 Å². The largest absolute Gasteiger partial charge is 0.481 e. The second-order valence-electron chi connectivity index (χ2n) is 6.85. The molecule has 0 spiro atoms. The van der Waals surface area contributed by atoms with Crippen molar-refractivity contribution >= 4 is 5.97 Å². The average Bonchev–Trinajstić information content (AvgIpc) is 2.71. The third-order valence-corrected chi connectivity index (χ3v) is 5.57. The van der Waals surface area contributed by atoms with Crippen LogP contribution < -0.4 is 0 Å². The van der Waals surface area contributed by atoms with E-state index in [0.29, 0.717) is 12.3 Å². The average molecular weight is 281 g/mol. The molecule has 2 fully saturated rings. The van der Waals surface area contributed by atoms with Crippen molar-refractivity contribution in [2.45, 2.75) is 77.2 Å². The molecule has 1 aliphatic carbocycles. The van der Waals surface area contributed by atoms with Crippen LogP contribution in [0.2, 0.25) is 0 Å². The standard InChI is InChI=1S/C17H31NO2/c1-2-14-4-3-5-16(8-6-14)18-12-10-15(11-13-18)7-9-17(19)20/h14-16H,2-13H2,1H3,(H,19,20). The molecule has 0 aromatic carbocycles. The molecule has 0 amide bonds. The lowest BCUT2D eigenvalue weighted by Gasteiger charge is -2.37. The Balaban J connectivity index is 1.71. The molecule has 1 N–H and O–H groups in total. The molecule has 1 aliphatic heterocycles. The van der Waals surface area contributed by atoms with E-state index in [0.717, 1.165) is 18.4 Å². The molecular formula is C17H31NO2. The van der Waals surface area contributed by atoms with Crippen LogP contribution in [0.3, 0.4) is 0 Å². The second-order valence-corrected chi connectivity index (χ2v) is 6.85. The molecule has 2 rings (SSSR count). The highest BCUT2D eigenvalue weighted by atomic mass is 16.4. The monoisotopic (exact) mass is 281 g/mol. The number of nitrogens with zero attached hydrogens (tertiary/aromatic N) is 1. The lowest BCUT2D eigenvalue weighted by molar-refractivity contribution is -0.137. The van der Waals surface area contributed by atoms with Crippen LogP contribution in [0.5, 0.6) is 0 Å². The van der Waals surface area contributed by atoms with E-state index >= 15 is 0 Å². The minimum absolute atomic E-state index is 0.353. The number of aliphatic carboxylic acids is 1. The lowest BCUT2D eigenvalue weighted by Crippen LogP contribution is -2.41. The fraction of sp³-hybridized carbons (Fsp3) is 0.941. The van der Waals surface area contributed by atoms with Gasteiger partial charge in [0.2, 0.25) is 0 Å². The summed E-state index contributed by atoms with van der Waals surface area (Å²) in [6, 6.07) is 0.812. The van der Waals surface area contributed by atoms with Gasteiger partial charge >= 0.3 is 5.97 Å². The normalized spacial score (nSPS) is 30.1. The smallest absolute Gasteiger partial charge is 0.303 e. The Hall–Kier alpha value is -0.570. The fourth-order valence-electron chi connectivity index (χ4n) is 4.07. The van der Waals surface area contributed by atoms with Gasteiger partial charge in [-0.05, 0) is 63.5 Å². The zero-order chi connectivity index (χ0) is 14.4. The Morgan fingerprint density at radius 1 is 1.05 bits per heavy atom. The summed E-state index contributed by atoms with van der Waals surface area (Å²) in [7, 11) is 0. The first-order chi connectivity index (χ1) is 9.69. The minimum Gasteiger partial charge on any atom is -0.481 e. The Bertz CT molecular complexity index is 297. The summed E-state index contributed by atoms with van der Waals surface area (Å²) >= 11 is 0. The molecular weight excluding hydrogens is 250 g/mol. The quantitative estimate of drug-likeness (QED) is 0.776. The molecule has 0 aromatic heterocycles. The zero-order valence-corrected chi connectivity index (χ0v) is 13.0. The third kappa shape index (κ3) is 4.76. The number of likely N-dealkylation sites (tertiary alicyclic amines) is 1. The van der Waals surface area contributed by atoms with Crippen LogP contribution in [0.4, 0.5) is 0 Å². The number of hydrogen-bond donors (Lipinski definition) is 1. The highest BCUT2D eigenvalue weighted by Gasteiger charge is 2.27. The lowest BCUT2D eigenvalue weighted by atomic mass is 9.90. The maximum atomic E-state index is 10.6. The van der Waals surface area contributed by atoms with Gasteiger partial charge in [-0.15, -0.1) is 0 Å². The Morgan fingerprint density at radius 2 is 1.80 bits per heavy atom. The molecule has 2 atom stereocenters. The van der Waals surface area contributed by atoms with Crippen molar-refractivity contribution in [2.24, 2.45) is 11.8 Å². The number of rotatable bonds is 5. The van der Waals surface area contributed by atoms with Gasteiger partial charge in [0.1, 0.15) is 0 Å². The van der Waals surface area contributed by atoms with E-state index in [1.165, 1.54) is 64.5 Å². The molecule has 20 heavy (non-hydrogen) atoms. The number of piperidine rings is 1. The van der Waals surface area contributed by atoms with E-state index < -0.39 is 5.97 Å². The van der Waals surface area contributed by atoms with Crippen molar-refractivity contribution in [1.82, 2.24) is 4.90 Å². The van der Waals surface area contributed by atoms with Gasteiger partial charge in [0.25, 0.3) is 0 Å². The van der Waals surface area contributed by atoms with Crippen molar-refractivity contribution in [1.29, 1.82) is 0 Å². The Morgan fingerprint density at radius 3 is 2.45 bits per heavy atom. The number of carboxylic acids is 1. The third-order valence-electron chi connectivity index (χ3n) is 5.57. The van der Waals surface area contributed by atoms with Crippen LogP contribution in [0.25, 0.3) is 0 Å². The van der Waals surface area contributed by atoms with E-state index in [-0.39, 0.29) is 0 Å². The zero-order valence-electron chi connectivity index (χ0n) is 13.0. The maximum absolute atomic E-state index is 10.6. The first kappa shape index (κ1) is 15.8. The van der Waals surface area contributed by atoms with E-state index in [2.05, 4.69) is 11.8 Å². The highest BCUT2D eigenvalue weighted by molar-refractivity contribution is 5.66. The highest BCUT2D eigenvalue weighted by Crippen LogP contribution is 2.31. The van der Waals surface area contributed by atoms with Crippen molar-refractivity contribution in [3.63, 3.8) is 0 Å². The molecule has 1 heterocycles. The summed E-state index contributed by atoms with van der Waals surface area (Å²) < 4.78 is 0. The molecule has 116 valence electrons. The summed E-state index contributed by atoms with van der Waals surface area (Å²) in [5.41, 5.74) is 0. The van der Waals surface area contributed by atoms with E-state index in [4.69, 9.17) is 5.11 Å². The number of carbonyl (C=O) groups is 1. The predicted octanol–water partition coefficient (Wildman–Crippen LogP) is 3.92. The summed E-state index contributed by atoms with van der Waals surface area (Å²) in [6.07, 6.45) is 12.0. The topological polar surface area (TPSA) is 40.5 Å². The van der Waals surface area contributed by atoms with Gasteiger partial charge in [0.15, 0.2) is 0 Å². The van der Waals surface area contributed by atoms with E-state index in [1.54, 1.807) is 0 Å². The molecule has 3 heteroatoms. The maximum Gasteiger partial charge on any atom is 0.303 e. The molecule has 0 bridgehead atoms. The summed E-state index contributed by atoms with van der Waals surface area (Å²) in [5, 5.41) is 8.77. The van der Waals surface area contributed by atoms with Crippen LogP contribution in [0.1, 0.15) is 71.1 Å². The van der Waals surface area contributed by atoms with Gasteiger partial charge in [-0.1, -0.05) is 26.2 Å². The van der Waals surface area contributed by atoms with Gasteiger partial charge in [0.05, 0.1) is 0 Å². The van der Waals surface area contributed by atoms with Gasteiger partial charge in [-0.2, -0.15) is 0 Å². The molecule has 3 nitrogen and oxygen atoms in total. The number of hydrogen-bond acceptors (Lipinski definition) is 2. The first-order valence-electron chi connectivity index (χ1n) is 8.65. The van der Waals surface area contributed by atoms with Crippen LogP contribution in [0.15, 0.2) is 0 Å². The minimum atomic E-state index is -0.637. The molecule has 1 saturated carbocycles.